The zero-order chi connectivity index (χ0) is 15.1. The molecule has 0 radical (unpaired) electrons. The van der Waals surface area contributed by atoms with Gasteiger partial charge in [-0.05, 0) is 51.3 Å². The fourth-order valence-electron chi connectivity index (χ4n) is 3.50. The fourth-order valence-corrected chi connectivity index (χ4v) is 3.50. The monoisotopic (exact) mass is 290 g/mol. The molecule has 118 valence electrons. The maximum absolute atomic E-state index is 6.32. The summed E-state index contributed by atoms with van der Waals surface area (Å²) < 4.78 is 6.32. The highest BCUT2D eigenvalue weighted by atomic mass is 16.5. The molecule has 0 spiro atoms. The number of rotatable bonds is 7. The van der Waals surface area contributed by atoms with Crippen LogP contribution in [0.3, 0.4) is 0 Å². The molecule has 0 amide bonds. The molecule has 1 heterocycles. The first kappa shape index (κ1) is 16.4. The Morgan fingerprint density at radius 3 is 2.57 bits per heavy atom. The van der Waals surface area contributed by atoms with Gasteiger partial charge in [0.05, 0.1) is 11.6 Å². The Morgan fingerprint density at radius 1 is 1.24 bits per heavy atom. The summed E-state index contributed by atoms with van der Waals surface area (Å²) in [6, 6.07) is 4.58. The van der Waals surface area contributed by atoms with E-state index in [1.54, 1.807) is 0 Å². The number of pyridine rings is 1. The maximum Gasteiger partial charge on any atom is 0.0876 e. The van der Waals surface area contributed by atoms with Crippen molar-refractivity contribution in [3.63, 3.8) is 0 Å². The minimum Gasteiger partial charge on any atom is -0.373 e. The molecular weight excluding hydrogens is 260 g/mol. The molecule has 1 aromatic rings. The van der Waals surface area contributed by atoms with Gasteiger partial charge in [-0.1, -0.05) is 32.3 Å². The van der Waals surface area contributed by atoms with Gasteiger partial charge in [0, 0.05) is 18.5 Å². The molecule has 1 aliphatic rings. The molecule has 1 aromatic heterocycles. The Hall–Kier alpha value is -0.930. The Morgan fingerprint density at radius 2 is 2.00 bits per heavy atom. The summed E-state index contributed by atoms with van der Waals surface area (Å²) in [7, 11) is 0. The first-order valence-electron chi connectivity index (χ1n) is 8.51. The van der Waals surface area contributed by atoms with Crippen LogP contribution in [0.1, 0.15) is 69.7 Å². The highest BCUT2D eigenvalue weighted by Crippen LogP contribution is 2.41. The molecule has 1 atom stereocenters. The number of ether oxygens (including phenoxy) is 1. The minimum atomic E-state index is -0.0564. The minimum absolute atomic E-state index is 0.0564. The molecule has 1 unspecified atom stereocenters. The summed E-state index contributed by atoms with van der Waals surface area (Å²) in [6.45, 7) is 8.17. The van der Waals surface area contributed by atoms with Gasteiger partial charge in [0.2, 0.25) is 0 Å². The van der Waals surface area contributed by atoms with Crippen LogP contribution >= 0.6 is 0 Å². The molecule has 1 aliphatic carbocycles. The van der Waals surface area contributed by atoms with Gasteiger partial charge in [-0.2, -0.15) is 0 Å². The molecule has 3 nitrogen and oxygen atoms in total. The van der Waals surface area contributed by atoms with E-state index in [2.05, 4.69) is 36.3 Å². The summed E-state index contributed by atoms with van der Waals surface area (Å²) in [4.78, 5) is 4.50. The second kappa shape index (κ2) is 7.90. The van der Waals surface area contributed by atoms with Gasteiger partial charge < -0.3 is 10.1 Å². The third kappa shape index (κ3) is 4.04. The fraction of sp³-hybridized carbons (Fsp3) is 0.722. The van der Waals surface area contributed by atoms with E-state index in [0.717, 1.165) is 38.1 Å². The second-order valence-electron chi connectivity index (χ2n) is 6.18. The first-order valence-corrected chi connectivity index (χ1v) is 8.51. The predicted molar refractivity (Wildman–Crippen MR) is 87.5 cm³/mol. The van der Waals surface area contributed by atoms with Gasteiger partial charge >= 0.3 is 0 Å². The normalized spacial score (nSPS) is 19.4. The summed E-state index contributed by atoms with van der Waals surface area (Å²) in [6.07, 6.45) is 9.33. The zero-order valence-corrected chi connectivity index (χ0v) is 13.8. The number of hydrogen-bond donors (Lipinski definition) is 1. The molecule has 3 heteroatoms. The molecule has 21 heavy (non-hydrogen) atoms. The van der Waals surface area contributed by atoms with Crippen molar-refractivity contribution in [1.82, 2.24) is 10.3 Å². The van der Waals surface area contributed by atoms with Gasteiger partial charge in [0.15, 0.2) is 0 Å². The lowest BCUT2D eigenvalue weighted by Crippen LogP contribution is -2.48. The molecule has 0 aromatic carbocycles. The molecule has 1 saturated carbocycles. The lowest BCUT2D eigenvalue weighted by Gasteiger charge is -2.44. The van der Waals surface area contributed by atoms with E-state index < -0.39 is 0 Å². The summed E-state index contributed by atoms with van der Waals surface area (Å²) in [5, 5.41) is 3.74. The third-order valence-corrected chi connectivity index (χ3v) is 4.52. The molecular formula is C18H30N2O. The summed E-state index contributed by atoms with van der Waals surface area (Å²) in [5.74, 6) is 0. The molecule has 0 aliphatic heterocycles. The average molecular weight is 290 g/mol. The largest absolute Gasteiger partial charge is 0.373 e. The van der Waals surface area contributed by atoms with E-state index in [4.69, 9.17) is 4.74 Å². The smallest absolute Gasteiger partial charge is 0.0876 e. The quantitative estimate of drug-likeness (QED) is 0.818. The van der Waals surface area contributed by atoms with Crippen molar-refractivity contribution in [2.45, 2.75) is 70.9 Å². The standard InChI is InChI=1S/C18H30N2O/c1-4-13-19-17(16-10-9-15(3)20-14-16)18(21-5-2)11-7-6-8-12-18/h9-10,14,17,19H,4-8,11-13H2,1-3H3. The van der Waals surface area contributed by atoms with Gasteiger partial charge in [-0.3, -0.25) is 4.98 Å². The molecule has 0 saturated heterocycles. The Balaban J connectivity index is 2.29. The van der Waals surface area contributed by atoms with E-state index in [0.29, 0.717) is 0 Å². The van der Waals surface area contributed by atoms with Crippen molar-refractivity contribution in [1.29, 1.82) is 0 Å². The van der Waals surface area contributed by atoms with Gasteiger partial charge in [-0.25, -0.2) is 0 Å². The van der Waals surface area contributed by atoms with Crippen LogP contribution in [0, 0.1) is 6.92 Å². The number of nitrogens with one attached hydrogen (secondary N) is 1. The van der Waals surface area contributed by atoms with Crippen molar-refractivity contribution in [3.05, 3.63) is 29.6 Å². The second-order valence-corrected chi connectivity index (χ2v) is 6.18. The van der Waals surface area contributed by atoms with E-state index in [1.165, 1.54) is 24.8 Å². The van der Waals surface area contributed by atoms with Gasteiger partial charge in [0.1, 0.15) is 0 Å². The highest BCUT2D eigenvalue weighted by Gasteiger charge is 2.41. The number of hydrogen-bond acceptors (Lipinski definition) is 3. The van der Waals surface area contributed by atoms with Crippen molar-refractivity contribution in [3.8, 4) is 0 Å². The van der Waals surface area contributed by atoms with E-state index in [1.807, 2.05) is 13.1 Å². The Labute approximate surface area is 129 Å². The van der Waals surface area contributed by atoms with E-state index in [-0.39, 0.29) is 11.6 Å². The molecule has 1 N–H and O–H groups in total. The van der Waals surface area contributed by atoms with Crippen molar-refractivity contribution < 1.29 is 4.74 Å². The van der Waals surface area contributed by atoms with Crippen LogP contribution in [0.2, 0.25) is 0 Å². The van der Waals surface area contributed by atoms with Crippen LogP contribution in [-0.4, -0.2) is 23.7 Å². The van der Waals surface area contributed by atoms with E-state index >= 15 is 0 Å². The Kier molecular flexibility index (Phi) is 6.19. The van der Waals surface area contributed by atoms with Crippen LogP contribution in [0.5, 0.6) is 0 Å². The maximum atomic E-state index is 6.32. The van der Waals surface area contributed by atoms with Crippen LogP contribution in [0.15, 0.2) is 18.3 Å². The summed E-state index contributed by atoms with van der Waals surface area (Å²) >= 11 is 0. The third-order valence-electron chi connectivity index (χ3n) is 4.52. The van der Waals surface area contributed by atoms with Crippen LogP contribution in [0.4, 0.5) is 0 Å². The van der Waals surface area contributed by atoms with Crippen molar-refractivity contribution >= 4 is 0 Å². The Bertz CT molecular complexity index is 404. The summed E-state index contributed by atoms with van der Waals surface area (Å²) in [5.41, 5.74) is 2.28. The van der Waals surface area contributed by atoms with Crippen molar-refractivity contribution in [2.24, 2.45) is 0 Å². The average Bonchev–Trinajstić information content (AvgIpc) is 2.50. The number of aromatic nitrogens is 1. The van der Waals surface area contributed by atoms with Gasteiger partial charge in [-0.15, -0.1) is 0 Å². The van der Waals surface area contributed by atoms with Crippen LogP contribution < -0.4 is 5.32 Å². The van der Waals surface area contributed by atoms with Crippen LogP contribution in [0.25, 0.3) is 0 Å². The number of aryl methyl sites for hydroxylation is 1. The molecule has 1 fully saturated rings. The van der Waals surface area contributed by atoms with Gasteiger partial charge in [0.25, 0.3) is 0 Å². The topological polar surface area (TPSA) is 34.2 Å². The van der Waals surface area contributed by atoms with Crippen molar-refractivity contribution in [2.75, 3.05) is 13.2 Å². The van der Waals surface area contributed by atoms with E-state index in [9.17, 15) is 0 Å². The van der Waals surface area contributed by atoms with Crippen LogP contribution in [-0.2, 0) is 4.74 Å². The SMILES string of the molecule is CCCNC(c1ccc(C)nc1)C1(OCC)CCCCC1. The molecule has 0 bridgehead atoms. The molecule has 2 rings (SSSR count). The lowest BCUT2D eigenvalue weighted by atomic mass is 9.76. The predicted octanol–water partition coefficient (Wildman–Crippen LogP) is 4.17. The first-order chi connectivity index (χ1) is 10.2. The lowest BCUT2D eigenvalue weighted by molar-refractivity contribution is -0.0912. The number of nitrogens with zero attached hydrogens (tertiary/aromatic N) is 1. The zero-order valence-electron chi connectivity index (χ0n) is 13.8. The highest BCUT2D eigenvalue weighted by molar-refractivity contribution is 5.21.